The van der Waals surface area contributed by atoms with E-state index in [-0.39, 0.29) is 11.3 Å². The van der Waals surface area contributed by atoms with Crippen molar-refractivity contribution in [2.75, 3.05) is 0 Å². The lowest BCUT2D eigenvalue weighted by Gasteiger charge is -2.08. The van der Waals surface area contributed by atoms with Gasteiger partial charge < -0.3 is 0 Å². The fraction of sp³-hybridized carbons (Fsp3) is 0.200. The second-order valence-electron chi connectivity index (χ2n) is 7.63. The Balaban J connectivity index is 0.00000117. The molecule has 0 amide bonds. The van der Waals surface area contributed by atoms with Crippen LogP contribution in [0, 0.1) is 11.6 Å². The van der Waals surface area contributed by atoms with Gasteiger partial charge in [-0.05, 0) is 37.1 Å². The lowest BCUT2D eigenvalue weighted by atomic mass is 10.0. The molecule has 0 bridgehead atoms. The second kappa shape index (κ2) is 9.01. The highest BCUT2D eigenvalue weighted by Gasteiger charge is 2.27. The Kier molecular flexibility index (Phi) is 5.75. The molecular weight excluding hydrogens is 436 g/mol. The Morgan fingerprint density at radius 1 is 0.882 bits per heavy atom. The van der Waals surface area contributed by atoms with Crippen LogP contribution in [0.1, 0.15) is 38.4 Å². The number of hydrogen-bond acceptors (Lipinski definition) is 6. The van der Waals surface area contributed by atoms with Crippen LogP contribution in [0.3, 0.4) is 0 Å². The van der Waals surface area contributed by atoms with E-state index in [1.807, 2.05) is 32.0 Å². The van der Waals surface area contributed by atoms with Crippen LogP contribution in [0.25, 0.3) is 39.4 Å². The molecule has 0 radical (unpaired) electrons. The van der Waals surface area contributed by atoms with Crippen molar-refractivity contribution in [1.29, 1.82) is 0 Å². The minimum atomic E-state index is -0.686. The number of halogens is 2. The van der Waals surface area contributed by atoms with Crippen molar-refractivity contribution in [2.45, 2.75) is 32.6 Å². The second-order valence-corrected chi connectivity index (χ2v) is 7.63. The van der Waals surface area contributed by atoms with Crippen molar-refractivity contribution in [3.05, 3.63) is 78.5 Å². The van der Waals surface area contributed by atoms with Gasteiger partial charge in [0.2, 0.25) is 0 Å². The third-order valence-corrected chi connectivity index (χ3v) is 5.41. The first kappa shape index (κ1) is 21.7. The summed E-state index contributed by atoms with van der Waals surface area (Å²) < 4.78 is 30.0. The highest BCUT2D eigenvalue weighted by atomic mass is 19.1. The highest BCUT2D eigenvalue weighted by molar-refractivity contribution is 5.93. The van der Waals surface area contributed by atoms with E-state index in [0.717, 1.165) is 24.2 Å². The molecule has 0 atom stereocenters. The zero-order chi connectivity index (χ0) is 23.7. The van der Waals surface area contributed by atoms with Crippen LogP contribution in [0.5, 0.6) is 0 Å². The molecule has 1 aliphatic rings. The zero-order valence-corrected chi connectivity index (χ0v) is 18.7. The van der Waals surface area contributed by atoms with Gasteiger partial charge in [0.1, 0.15) is 23.5 Å². The van der Waals surface area contributed by atoms with Crippen LogP contribution in [-0.4, -0.2) is 34.9 Å². The molecule has 0 N–H and O–H groups in total. The molecule has 0 spiro atoms. The van der Waals surface area contributed by atoms with Crippen molar-refractivity contribution < 1.29 is 8.78 Å². The summed E-state index contributed by atoms with van der Waals surface area (Å²) >= 11 is 0. The van der Waals surface area contributed by atoms with E-state index in [2.05, 4.69) is 30.2 Å². The van der Waals surface area contributed by atoms with Crippen molar-refractivity contribution in [2.24, 2.45) is 0 Å². The molecule has 34 heavy (non-hydrogen) atoms. The van der Waals surface area contributed by atoms with Crippen LogP contribution in [0.4, 0.5) is 8.78 Å². The summed E-state index contributed by atoms with van der Waals surface area (Å²) in [4.78, 5) is 13.3. The zero-order valence-electron chi connectivity index (χ0n) is 18.7. The number of aromatic nitrogens is 7. The maximum absolute atomic E-state index is 14.2. The van der Waals surface area contributed by atoms with Gasteiger partial charge in [-0.1, -0.05) is 38.1 Å². The van der Waals surface area contributed by atoms with E-state index >= 15 is 0 Å². The monoisotopic (exact) mass is 457 g/mol. The van der Waals surface area contributed by atoms with E-state index in [1.165, 1.54) is 18.2 Å². The van der Waals surface area contributed by atoms with Gasteiger partial charge >= 0.3 is 0 Å². The Labute approximate surface area is 194 Å². The Morgan fingerprint density at radius 2 is 1.65 bits per heavy atom. The van der Waals surface area contributed by atoms with Gasteiger partial charge in [0.25, 0.3) is 5.95 Å². The summed E-state index contributed by atoms with van der Waals surface area (Å²) in [5, 5.41) is 13.5. The van der Waals surface area contributed by atoms with Crippen LogP contribution < -0.4 is 0 Å². The van der Waals surface area contributed by atoms with Crippen LogP contribution in [0.15, 0.2) is 61.1 Å². The average Bonchev–Trinajstić information content (AvgIpc) is 3.61. The number of nitrogens with zero attached hydrogens (tertiary/aromatic N) is 7. The first-order chi connectivity index (χ1) is 16.7. The van der Waals surface area contributed by atoms with Crippen molar-refractivity contribution in [3.63, 3.8) is 0 Å². The molecule has 5 aromatic rings. The molecular formula is C25H21F2N7. The molecule has 0 saturated heterocycles. The van der Waals surface area contributed by atoms with Crippen molar-refractivity contribution in [1.82, 2.24) is 34.9 Å². The summed E-state index contributed by atoms with van der Waals surface area (Å²) in [6, 6.07) is 12.6. The van der Waals surface area contributed by atoms with Gasteiger partial charge in [0.15, 0.2) is 5.82 Å². The smallest absolute Gasteiger partial charge is 0.220 e. The summed E-state index contributed by atoms with van der Waals surface area (Å²) in [6.07, 6.45) is 5.48. The molecule has 1 aliphatic carbocycles. The lowest BCUT2D eigenvalue weighted by molar-refractivity contribution is 0.588. The van der Waals surface area contributed by atoms with Gasteiger partial charge in [-0.25, -0.2) is 23.7 Å². The first-order valence-electron chi connectivity index (χ1n) is 11.1. The Morgan fingerprint density at radius 3 is 2.41 bits per heavy atom. The van der Waals surface area contributed by atoms with Gasteiger partial charge in [-0.2, -0.15) is 4.68 Å². The molecule has 170 valence electrons. The molecule has 0 unspecified atom stereocenters. The average molecular weight is 457 g/mol. The summed E-state index contributed by atoms with van der Waals surface area (Å²) in [6.45, 7) is 4.00. The third kappa shape index (κ3) is 4.00. The van der Waals surface area contributed by atoms with Crippen LogP contribution >= 0.6 is 0 Å². The number of rotatable bonds is 4. The minimum absolute atomic E-state index is 0.129. The minimum Gasteiger partial charge on any atom is -0.220 e. The standard InChI is InChI=1S/C23H15F2N7.C2H6/c24-16-5-2-6-17(25)20(16)19-11-14-3-1-4-15(21(14)30-29-19)18-9-10-26-23(28-18)32-12-27-22(31-32)13-7-8-13;1-2/h1-6,9-13H,7-8H2;1-2H3. The molecule has 7 nitrogen and oxygen atoms in total. The molecule has 1 saturated carbocycles. The van der Waals surface area contributed by atoms with Crippen LogP contribution in [0.2, 0.25) is 0 Å². The third-order valence-electron chi connectivity index (χ3n) is 5.41. The van der Waals surface area contributed by atoms with Gasteiger partial charge in [0.05, 0.1) is 17.0 Å². The fourth-order valence-electron chi connectivity index (χ4n) is 3.65. The normalized spacial score (nSPS) is 12.9. The Bertz CT molecular complexity index is 1460. The predicted molar refractivity (Wildman–Crippen MR) is 124 cm³/mol. The largest absolute Gasteiger partial charge is 0.252 e. The van der Waals surface area contributed by atoms with E-state index < -0.39 is 11.6 Å². The molecule has 3 heterocycles. The molecule has 0 aliphatic heterocycles. The van der Waals surface area contributed by atoms with Gasteiger partial charge in [0, 0.05) is 23.1 Å². The molecule has 1 fully saturated rings. The number of fused-ring (bicyclic) bond motifs is 1. The van der Waals surface area contributed by atoms with E-state index in [0.29, 0.717) is 28.5 Å². The van der Waals surface area contributed by atoms with Crippen molar-refractivity contribution >= 4 is 10.9 Å². The quantitative estimate of drug-likeness (QED) is 0.354. The Hall–Kier alpha value is -4.14. The highest BCUT2D eigenvalue weighted by Crippen LogP contribution is 2.37. The SMILES string of the molecule is CC.Fc1cccc(F)c1-c1cc2cccc(-c3ccnc(-n4cnc(C5CC5)n4)n3)c2nn1. The van der Waals surface area contributed by atoms with Gasteiger partial charge in [-0.3, -0.25) is 0 Å². The molecule has 2 aromatic carbocycles. The fourth-order valence-corrected chi connectivity index (χ4v) is 3.65. The topological polar surface area (TPSA) is 82.3 Å². The van der Waals surface area contributed by atoms with Gasteiger partial charge in [-0.15, -0.1) is 15.3 Å². The first-order valence-corrected chi connectivity index (χ1v) is 11.1. The summed E-state index contributed by atoms with van der Waals surface area (Å²) in [7, 11) is 0. The van der Waals surface area contributed by atoms with Crippen LogP contribution in [-0.2, 0) is 0 Å². The molecule has 6 rings (SSSR count). The lowest BCUT2D eigenvalue weighted by Crippen LogP contribution is -2.03. The van der Waals surface area contributed by atoms with E-state index in [1.54, 1.807) is 29.3 Å². The predicted octanol–water partition coefficient (Wildman–Crippen LogP) is 5.52. The van der Waals surface area contributed by atoms with Crippen molar-refractivity contribution in [3.8, 4) is 28.5 Å². The summed E-state index contributed by atoms with van der Waals surface area (Å²) in [5.74, 6) is 0.267. The van der Waals surface area contributed by atoms with E-state index in [4.69, 9.17) is 0 Å². The molecule has 9 heteroatoms. The summed E-state index contributed by atoms with van der Waals surface area (Å²) in [5.41, 5.74) is 1.85. The number of hydrogen-bond donors (Lipinski definition) is 0. The maximum atomic E-state index is 14.2. The number of benzene rings is 2. The molecule has 3 aromatic heterocycles. The van der Waals surface area contributed by atoms with E-state index in [9.17, 15) is 8.78 Å². The maximum Gasteiger partial charge on any atom is 0.252 e.